The number of aliphatic hydroxyl groups is 3. The second-order valence-electron chi connectivity index (χ2n) is 11.3. The van der Waals surface area contributed by atoms with E-state index in [0.29, 0.717) is 23.2 Å². The number of carbonyl (C=O) groups is 4. The molecule has 2 aromatic carbocycles. The molecule has 0 aromatic heterocycles. The van der Waals surface area contributed by atoms with Crippen molar-refractivity contribution in [3.05, 3.63) is 64.4 Å². The zero-order valence-corrected chi connectivity index (χ0v) is 22.9. The highest BCUT2D eigenvalue weighted by molar-refractivity contribution is 6.23. The van der Waals surface area contributed by atoms with Gasteiger partial charge >= 0.3 is 0 Å². The molecule has 7 N–H and O–H groups in total. The molecule has 1 fully saturated rings. The van der Waals surface area contributed by atoms with Crippen LogP contribution in [0, 0.1) is 23.7 Å². The van der Waals surface area contributed by atoms with Crippen molar-refractivity contribution in [1.82, 2.24) is 0 Å². The summed E-state index contributed by atoms with van der Waals surface area (Å²) in [6, 6.07) is 10.1. The zero-order chi connectivity index (χ0) is 30.0. The van der Waals surface area contributed by atoms with Crippen molar-refractivity contribution in [3.63, 3.8) is 0 Å². The van der Waals surface area contributed by atoms with Crippen LogP contribution in [-0.2, 0) is 25.6 Å². The van der Waals surface area contributed by atoms with Gasteiger partial charge in [-0.1, -0.05) is 39.0 Å². The van der Waals surface area contributed by atoms with Crippen molar-refractivity contribution >= 4 is 34.8 Å². The summed E-state index contributed by atoms with van der Waals surface area (Å²) in [5.74, 6) is -8.17. The van der Waals surface area contributed by atoms with Gasteiger partial charge in [0.05, 0.1) is 5.56 Å². The van der Waals surface area contributed by atoms with Crippen LogP contribution >= 0.6 is 0 Å². The molecule has 2 aromatic rings. The third kappa shape index (κ3) is 4.12. The summed E-state index contributed by atoms with van der Waals surface area (Å²) in [7, 11) is 0. The number of rotatable bonds is 5. The highest BCUT2D eigenvalue weighted by Gasteiger charge is 2.64. The minimum absolute atomic E-state index is 0.0263. The van der Waals surface area contributed by atoms with Crippen LogP contribution in [0.25, 0.3) is 16.9 Å². The highest BCUT2D eigenvalue weighted by Crippen LogP contribution is 2.55. The first-order valence-electron chi connectivity index (χ1n) is 13.6. The smallest absolute Gasteiger partial charge is 0.255 e. The van der Waals surface area contributed by atoms with E-state index in [1.807, 2.05) is 0 Å². The Hall–Kier alpha value is -4.44. The number of hydrogen-bond acceptors (Lipinski definition) is 8. The van der Waals surface area contributed by atoms with Crippen LogP contribution in [0.3, 0.4) is 0 Å². The number of hydrogen-bond donors (Lipinski definition) is 6. The highest BCUT2D eigenvalue weighted by atomic mass is 16.3. The van der Waals surface area contributed by atoms with Gasteiger partial charge < -0.3 is 31.5 Å². The van der Waals surface area contributed by atoms with Crippen LogP contribution in [0.2, 0.25) is 0 Å². The van der Waals surface area contributed by atoms with Gasteiger partial charge in [0.2, 0.25) is 11.7 Å². The number of benzene rings is 2. The van der Waals surface area contributed by atoms with Crippen molar-refractivity contribution in [2.45, 2.75) is 45.6 Å². The van der Waals surface area contributed by atoms with Crippen molar-refractivity contribution in [1.29, 1.82) is 0 Å². The lowest BCUT2D eigenvalue weighted by Crippen LogP contribution is -2.62. The molecule has 0 bridgehead atoms. The third-order valence-electron chi connectivity index (χ3n) is 8.65. The van der Waals surface area contributed by atoms with Gasteiger partial charge in [0.25, 0.3) is 5.91 Å². The second kappa shape index (κ2) is 9.88. The van der Waals surface area contributed by atoms with Gasteiger partial charge in [-0.15, -0.1) is 0 Å². The molecule has 10 heteroatoms. The van der Waals surface area contributed by atoms with E-state index >= 15 is 0 Å². The Morgan fingerprint density at radius 3 is 2.32 bits per heavy atom. The zero-order valence-electron chi connectivity index (χ0n) is 22.9. The molecule has 0 aliphatic heterocycles. The molecule has 214 valence electrons. The van der Waals surface area contributed by atoms with E-state index in [1.165, 1.54) is 6.07 Å². The number of nitrogens with one attached hydrogen (secondary N) is 1. The SMILES string of the molecule is CCC(=O)Nc1ccc(-c2ccc(O)c3c2C[C@H]2C[C@H]4[C@H](C(C)C)C(=O)C(C(N)=O)=C(O)[C@@]4(O)C(=O)C2=C3O)cc1. The van der Waals surface area contributed by atoms with Crippen LogP contribution in [0.5, 0.6) is 5.75 Å². The van der Waals surface area contributed by atoms with Crippen LogP contribution in [0.15, 0.2) is 53.3 Å². The molecule has 1 saturated carbocycles. The lowest BCUT2D eigenvalue weighted by atomic mass is 9.54. The Labute approximate surface area is 236 Å². The molecular weight excluding hydrogens is 528 g/mol. The van der Waals surface area contributed by atoms with Crippen LogP contribution < -0.4 is 11.1 Å². The molecule has 41 heavy (non-hydrogen) atoms. The largest absolute Gasteiger partial charge is 0.508 e. The molecule has 0 unspecified atom stereocenters. The fraction of sp³-hybridized carbons (Fsp3) is 0.355. The van der Waals surface area contributed by atoms with Gasteiger partial charge in [-0.25, -0.2) is 0 Å². The normalized spacial score (nSPS) is 25.5. The maximum absolute atomic E-state index is 14.0. The average molecular weight is 561 g/mol. The number of aliphatic hydroxyl groups excluding tert-OH is 2. The molecule has 0 saturated heterocycles. The number of phenols is 1. The average Bonchev–Trinajstić information content (AvgIpc) is 2.91. The molecule has 3 aliphatic carbocycles. The molecule has 3 aliphatic rings. The van der Waals surface area contributed by atoms with E-state index in [0.717, 1.165) is 5.56 Å². The number of aromatic hydroxyl groups is 1. The van der Waals surface area contributed by atoms with Crippen LogP contribution in [-0.4, -0.2) is 49.4 Å². The van der Waals surface area contributed by atoms with Crippen LogP contribution in [0.4, 0.5) is 5.69 Å². The van der Waals surface area contributed by atoms with Crippen molar-refractivity contribution in [2.24, 2.45) is 29.4 Å². The van der Waals surface area contributed by atoms with E-state index in [4.69, 9.17) is 5.73 Å². The number of nitrogens with two attached hydrogens (primary N) is 1. The van der Waals surface area contributed by atoms with Crippen molar-refractivity contribution in [2.75, 3.05) is 5.32 Å². The van der Waals surface area contributed by atoms with E-state index in [1.54, 1.807) is 51.1 Å². The predicted molar refractivity (Wildman–Crippen MR) is 149 cm³/mol. The van der Waals surface area contributed by atoms with E-state index in [2.05, 4.69) is 5.32 Å². The lowest BCUT2D eigenvalue weighted by Gasteiger charge is -2.50. The van der Waals surface area contributed by atoms with Crippen LogP contribution in [0.1, 0.15) is 44.7 Å². The minimum atomic E-state index is -2.64. The van der Waals surface area contributed by atoms with E-state index in [9.17, 15) is 39.6 Å². The molecule has 10 nitrogen and oxygen atoms in total. The summed E-state index contributed by atoms with van der Waals surface area (Å²) < 4.78 is 0. The van der Waals surface area contributed by atoms with E-state index < -0.39 is 63.8 Å². The number of ketones is 2. The summed E-state index contributed by atoms with van der Waals surface area (Å²) in [5.41, 5.74) is 4.37. The summed E-state index contributed by atoms with van der Waals surface area (Å²) >= 11 is 0. The minimum Gasteiger partial charge on any atom is -0.508 e. The molecule has 0 radical (unpaired) electrons. The fourth-order valence-electron chi connectivity index (χ4n) is 6.74. The predicted octanol–water partition coefficient (Wildman–Crippen LogP) is 3.32. The fourth-order valence-corrected chi connectivity index (χ4v) is 6.74. The number of carbonyl (C=O) groups excluding carboxylic acids is 4. The monoisotopic (exact) mass is 560 g/mol. The third-order valence-corrected chi connectivity index (χ3v) is 8.65. The number of phenolic OH excluding ortho intramolecular Hbond substituents is 1. The number of anilines is 1. The maximum Gasteiger partial charge on any atom is 0.255 e. The topological polar surface area (TPSA) is 187 Å². The van der Waals surface area contributed by atoms with E-state index in [-0.39, 0.29) is 35.6 Å². The Morgan fingerprint density at radius 1 is 1.07 bits per heavy atom. The lowest BCUT2D eigenvalue weighted by molar-refractivity contribution is -0.155. The van der Waals surface area contributed by atoms with Gasteiger partial charge in [0, 0.05) is 29.5 Å². The maximum atomic E-state index is 14.0. The van der Waals surface area contributed by atoms with Gasteiger partial charge in [0.15, 0.2) is 11.4 Å². The van der Waals surface area contributed by atoms with Crippen molar-refractivity contribution in [3.8, 4) is 16.9 Å². The Balaban J connectivity index is 1.65. The standard InChI is InChI=1S/C31H32N2O8/c1-4-21(35)33-16-7-5-14(6-8-16)17-9-10-20(34)24-18(17)11-15-12-19-22(13(2)3)26(36)25(30(32)40)29(39)31(19,41)28(38)23(15)27(24)37/h5-10,13,15,19,22,34,37,39,41H,4,11-12H2,1-3H3,(H2,32,40)(H,33,35)/t15-,19-,22-,31-/m0/s1. The first-order valence-corrected chi connectivity index (χ1v) is 13.6. The summed E-state index contributed by atoms with van der Waals surface area (Å²) in [6.45, 7) is 5.19. The van der Waals surface area contributed by atoms with Gasteiger partial charge in [-0.2, -0.15) is 0 Å². The molecule has 2 amide bonds. The molecule has 0 heterocycles. The van der Waals surface area contributed by atoms with Gasteiger partial charge in [-0.3, -0.25) is 19.2 Å². The number of amides is 2. The van der Waals surface area contributed by atoms with Gasteiger partial charge in [-0.05, 0) is 59.6 Å². The Bertz CT molecular complexity index is 1570. The number of Topliss-reactive ketones (excluding diaryl/α,β-unsaturated/α-hetero) is 2. The number of fused-ring (bicyclic) bond motifs is 3. The Kier molecular flexibility index (Phi) is 6.77. The number of primary amides is 1. The first kappa shape index (κ1) is 28.1. The summed E-state index contributed by atoms with van der Waals surface area (Å²) in [5, 5.41) is 47.7. The Morgan fingerprint density at radius 2 is 1.73 bits per heavy atom. The molecule has 4 atom stereocenters. The molecular formula is C31H32N2O8. The molecule has 0 spiro atoms. The second-order valence-corrected chi connectivity index (χ2v) is 11.3. The summed E-state index contributed by atoms with van der Waals surface area (Å²) in [4.78, 5) is 51.1. The van der Waals surface area contributed by atoms with Gasteiger partial charge in [0.1, 0.15) is 22.8 Å². The molecule has 5 rings (SSSR count). The first-order chi connectivity index (χ1) is 19.3. The quantitative estimate of drug-likeness (QED) is 0.300. The van der Waals surface area contributed by atoms with Crippen molar-refractivity contribution < 1.29 is 39.6 Å². The summed E-state index contributed by atoms with van der Waals surface area (Å²) in [6.07, 6.45) is 0.568.